The second-order valence-corrected chi connectivity index (χ2v) is 7.22. The van der Waals surface area contributed by atoms with Crippen molar-refractivity contribution in [2.45, 2.75) is 11.8 Å². The van der Waals surface area contributed by atoms with Crippen molar-refractivity contribution in [3.63, 3.8) is 0 Å². The van der Waals surface area contributed by atoms with Gasteiger partial charge in [0, 0.05) is 12.5 Å². The summed E-state index contributed by atoms with van der Waals surface area (Å²) in [4.78, 5) is 23.1. The molecule has 2 aromatic carbocycles. The normalized spacial score (nSPS) is 18.9. The molecule has 0 bridgehead atoms. The van der Waals surface area contributed by atoms with Gasteiger partial charge in [0.05, 0.1) is 13.1 Å². The minimum Gasteiger partial charge on any atom is -0.351 e. The molecule has 0 aliphatic carbocycles. The second kappa shape index (κ2) is 7.89. The van der Waals surface area contributed by atoms with Gasteiger partial charge in [-0.3, -0.25) is 9.59 Å². The number of benzene rings is 2. The summed E-state index contributed by atoms with van der Waals surface area (Å²) in [7, 11) is 0. The molecule has 1 aliphatic rings. The summed E-state index contributed by atoms with van der Waals surface area (Å²) in [5, 5.41) is 8.80. The van der Waals surface area contributed by atoms with E-state index < -0.39 is 10.7 Å². The first-order chi connectivity index (χ1) is 13.0. The predicted molar refractivity (Wildman–Crippen MR) is 103 cm³/mol. The van der Waals surface area contributed by atoms with Gasteiger partial charge in [0.2, 0.25) is 11.8 Å². The van der Waals surface area contributed by atoms with Gasteiger partial charge in [-0.25, -0.2) is 9.40 Å². The number of carbonyl (C=O) groups excluding carboxylic acids is 2. The Hall–Kier alpha value is -2.71. The molecule has 3 rings (SSSR count). The largest absolute Gasteiger partial charge is 0.351 e. The van der Waals surface area contributed by atoms with E-state index >= 15 is 0 Å². The van der Waals surface area contributed by atoms with Crippen molar-refractivity contribution in [3.8, 4) is 0 Å². The number of hydrogen-bond acceptors (Lipinski definition) is 5. The first-order valence-corrected chi connectivity index (χ1v) is 9.15. The highest BCUT2D eigenvalue weighted by atomic mass is 32.2. The molecule has 1 aliphatic heterocycles. The third-order valence-corrected chi connectivity index (χ3v) is 5.52. The van der Waals surface area contributed by atoms with Crippen LogP contribution in [0, 0.1) is 5.82 Å². The quantitative estimate of drug-likeness (QED) is 0.823. The Balaban J connectivity index is 2.07. The third-order valence-electron chi connectivity index (χ3n) is 4.14. The van der Waals surface area contributed by atoms with E-state index in [0.29, 0.717) is 10.6 Å². The topological polar surface area (TPSA) is 87.8 Å². The molecule has 0 aromatic heterocycles. The van der Waals surface area contributed by atoms with Crippen LogP contribution in [-0.2, 0) is 14.5 Å². The van der Waals surface area contributed by atoms with Crippen LogP contribution in [0.25, 0.3) is 0 Å². The fraction of sp³-hybridized carbons (Fsp3) is 0.211. The van der Waals surface area contributed by atoms with E-state index in [-0.39, 0.29) is 24.9 Å². The van der Waals surface area contributed by atoms with E-state index in [2.05, 4.69) is 10.4 Å². The van der Waals surface area contributed by atoms with E-state index in [9.17, 15) is 14.0 Å². The van der Waals surface area contributed by atoms with Gasteiger partial charge in [0.15, 0.2) is 4.87 Å². The van der Waals surface area contributed by atoms with Gasteiger partial charge in [0.1, 0.15) is 10.9 Å². The number of carbonyl (C=O) groups is 2. The van der Waals surface area contributed by atoms with Crippen molar-refractivity contribution in [3.05, 3.63) is 71.5 Å². The molecule has 0 radical (unpaired) electrons. The zero-order valence-electron chi connectivity index (χ0n) is 14.7. The number of hydrazone groups is 1. The maximum absolute atomic E-state index is 14.3. The Morgan fingerprint density at radius 2 is 1.85 bits per heavy atom. The summed E-state index contributed by atoms with van der Waals surface area (Å²) in [5.74, 6) is -1.10. The fourth-order valence-electron chi connectivity index (χ4n) is 2.85. The number of nitrogens with one attached hydrogen (secondary N) is 1. The van der Waals surface area contributed by atoms with E-state index in [4.69, 9.17) is 5.73 Å². The Bertz CT molecular complexity index is 890. The molecule has 0 fully saturated rings. The zero-order valence-corrected chi connectivity index (χ0v) is 15.5. The van der Waals surface area contributed by atoms with Crippen LogP contribution in [0.1, 0.15) is 18.1 Å². The summed E-state index contributed by atoms with van der Waals surface area (Å²) in [5.41, 5.74) is 6.46. The maximum Gasteiger partial charge on any atom is 0.241 e. The fourth-order valence-corrected chi connectivity index (χ4v) is 4.22. The molecule has 0 saturated heterocycles. The number of rotatable bonds is 5. The number of thioether (sulfide) groups is 1. The lowest BCUT2D eigenvalue weighted by Crippen LogP contribution is -2.49. The SMILES string of the molecule is CC(=O)N1N=C(c2ccccc2F)SC1(CNC(=O)CN)c1ccccc1. The van der Waals surface area contributed by atoms with E-state index in [1.54, 1.807) is 18.2 Å². The van der Waals surface area contributed by atoms with Gasteiger partial charge >= 0.3 is 0 Å². The van der Waals surface area contributed by atoms with Gasteiger partial charge in [0.25, 0.3) is 0 Å². The Kier molecular flexibility index (Phi) is 5.57. The first-order valence-electron chi connectivity index (χ1n) is 8.33. The van der Waals surface area contributed by atoms with Gasteiger partial charge < -0.3 is 11.1 Å². The lowest BCUT2D eigenvalue weighted by Gasteiger charge is -2.35. The molecule has 0 saturated carbocycles. The van der Waals surface area contributed by atoms with E-state index in [1.807, 2.05) is 30.3 Å². The summed E-state index contributed by atoms with van der Waals surface area (Å²) in [6, 6.07) is 15.5. The Labute approximate surface area is 160 Å². The standard InChI is InChI=1S/C19H19FN4O2S/c1-13(25)24-19(12-22-17(26)11-21,14-7-3-2-4-8-14)27-18(23-24)15-9-5-6-10-16(15)20/h2-10H,11-12,21H2,1H3,(H,22,26). The van der Waals surface area contributed by atoms with Crippen molar-refractivity contribution >= 4 is 28.6 Å². The number of amides is 2. The lowest BCUT2D eigenvalue weighted by atomic mass is 10.1. The molecule has 1 atom stereocenters. The monoisotopic (exact) mass is 386 g/mol. The van der Waals surface area contributed by atoms with Gasteiger partial charge in [-0.05, 0) is 17.7 Å². The highest BCUT2D eigenvalue weighted by molar-refractivity contribution is 8.15. The number of nitrogens with two attached hydrogens (primary N) is 1. The molecule has 6 nitrogen and oxygen atoms in total. The summed E-state index contributed by atoms with van der Waals surface area (Å²) < 4.78 is 14.3. The average molecular weight is 386 g/mol. The molecular weight excluding hydrogens is 367 g/mol. The van der Waals surface area contributed by atoms with Crippen LogP contribution in [0.2, 0.25) is 0 Å². The van der Waals surface area contributed by atoms with Crippen molar-refractivity contribution < 1.29 is 14.0 Å². The van der Waals surface area contributed by atoms with Crippen molar-refractivity contribution in [2.24, 2.45) is 10.8 Å². The van der Waals surface area contributed by atoms with Crippen LogP contribution < -0.4 is 11.1 Å². The van der Waals surface area contributed by atoms with Crippen LogP contribution in [-0.4, -0.2) is 35.0 Å². The summed E-state index contributed by atoms with van der Waals surface area (Å²) >= 11 is 1.23. The minimum atomic E-state index is -1.03. The Morgan fingerprint density at radius 1 is 1.19 bits per heavy atom. The molecule has 140 valence electrons. The smallest absolute Gasteiger partial charge is 0.241 e. The van der Waals surface area contributed by atoms with Crippen LogP contribution >= 0.6 is 11.8 Å². The molecule has 3 N–H and O–H groups in total. The second-order valence-electron chi connectivity index (χ2n) is 5.95. The molecule has 0 spiro atoms. The predicted octanol–water partition coefficient (Wildman–Crippen LogP) is 2.01. The zero-order chi connectivity index (χ0) is 19.4. The van der Waals surface area contributed by atoms with Crippen LogP contribution in [0.3, 0.4) is 0 Å². The molecule has 8 heteroatoms. The first kappa shape index (κ1) is 19.1. The average Bonchev–Trinajstić information content (AvgIpc) is 3.08. The number of nitrogens with zero attached hydrogens (tertiary/aromatic N) is 2. The molecular formula is C19H19FN4O2S. The van der Waals surface area contributed by atoms with Crippen LogP contribution in [0.5, 0.6) is 0 Å². The maximum atomic E-state index is 14.3. The number of hydrogen-bond donors (Lipinski definition) is 2. The van der Waals surface area contributed by atoms with E-state index in [0.717, 1.165) is 5.56 Å². The number of halogens is 1. The Morgan fingerprint density at radius 3 is 2.48 bits per heavy atom. The molecule has 1 heterocycles. The summed E-state index contributed by atoms with van der Waals surface area (Å²) in [6.45, 7) is 1.30. The van der Waals surface area contributed by atoms with Crippen LogP contribution in [0.15, 0.2) is 59.7 Å². The van der Waals surface area contributed by atoms with Gasteiger partial charge in [-0.1, -0.05) is 54.2 Å². The lowest BCUT2D eigenvalue weighted by molar-refractivity contribution is -0.133. The van der Waals surface area contributed by atoms with Gasteiger partial charge in [-0.2, -0.15) is 5.10 Å². The highest BCUT2D eigenvalue weighted by Crippen LogP contribution is 2.47. The molecule has 2 amide bonds. The minimum absolute atomic E-state index is 0.0821. The molecule has 1 unspecified atom stereocenters. The highest BCUT2D eigenvalue weighted by Gasteiger charge is 2.48. The van der Waals surface area contributed by atoms with Gasteiger partial charge in [-0.15, -0.1) is 0 Å². The van der Waals surface area contributed by atoms with Crippen molar-refractivity contribution in [1.82, 2.24) is 10.3 Å². The van der Waals surface area contributed by atoms with E-state index in [1.165, 1.54) is 29.8 Å². The van der Waals surface area contributed by atoms with Crippen molar-refractivity contribution in [2.75, 3.05) is 13.1 Å². The van der Waals surface area contributed by atoms with Crippen LogP contribution in [0.4, 0.5) is 4.39 Å². The third kappa shape index (κ3) is 3.72. The summed E-state index contributed by atoms with van der Waals surface area (Å²) in [6.07, 6.45) is 0. The van der Waals surface area contributed by atoms with Crippen molar-refractivity contribution in [1.29, 1.82) is 0 Å². The molecule has 2 aromatic rings. The molecule has 27 heavy (non-hydrogen) atoms.